The van der Waals surface area contributed by atoms with Crippen LogP contribution in [0.25, 0.3) is 0 Å². The Bertz CT molecular complexity index is 153. The quantitative estimate of drug-likeness (QED) is 0.702. The fourth-order valence-corrected chi connectivity index (χ4v) is 1.95. The molecule has 15 heavy (non-hydrogen) atoms. The minimum atomic E-state index is 0.393. The predicted octanol–water partition coefficient (Wildman–Crippen LogP) is 4.21. The van der Waals surface area contributed by atoms with Crippen LogP contribution in [-0.4, -0.2) is 6.04 Å². The zero-order chi connectivity index (χ0) is 12.1. The highest BCUT2D eigenvalue weighted by Crippen LogP contribution is 2.30. The van der Waals surface area contributed by atoms with Gasteiger partial charge in [-0.15, -0.1) is 0 Å². The normalized spacial score (nSPS) is 16.8. The molecule has 0 spiro atoms. The second kappa shape index (κ2) is 6.52. The Labute approximate surface area is 96.8 Å². The van der Waals surface area contributed by atoms with Gasteiger partial charge in [0, 0.05) is 6.04 Å². The van der Waals surface area contributed by atoms with Crippen LogP contribution < -0.4 is 5.73 Å². The van der Waals surface area contributed by atoms with Crippen LogP contribution >= 0.6 is 0 Å². The van der Waals surface area contributed by atoms with Crippen LogP contribution in [-0.2, 0) is 0 Å². The van der Waals surface area contributed by atoms with Gasteiger partial charge in [0.1, 0.15) is 0 Å². The van der Waals surface area contributed by atoms with E-state index < -0.39 is 0 Å². The topological polar surface area (TPSA) is 26.0 Å². The van der Waals surface area contributed by atoms with Crippen LogP contribution in [0.5, 0.6) is 0 Å². The van der Waals surface area contributed by atoms with Gasteiger partial charge in [0.2, 0.25) is 0 Å². The summed E-state index contributed by atoms with van der Waals surface area (Å²) in [6, 6.07) is 0.393. The van der Waals surface area contributed by atoms with Crippen LogP contribution in [0, 0.1) is 17.3 Å². The first-order valence-electron chi connectivity index (χ1n) is 6.56. The van der Waals surface area contributed by atoms with E-state index in [9.17, 15) is 0 Å². The van der Waals surface area contributed by atoms with Gasteiger partial charge in [0.15, 0.2) is 0 Å². The van der Waals surface area contributed by atoms with Crippen LogP contribution in [0.3, 0.4) is 0 Å². The highest BCUT2D eigenvalue weighted by molar-refractivity contribution is 4.76. The minimum absolute atomic E-state index is 0.393. The first kappa shape index (κ1) is 15.0. The van der Waals surface area contributed by atoms with Gasteiger partial charge in [-0.1, -0.05) is 54.4 Å². The Morgan fingerprint density at radius 3 is 1.80 bits per heavy atom. The molecular weight excluding hydrogens is 182 g/mol. The van der Waals surface area contributed by atoms with Gasteiger partial charge >= 0.3 is 0 Å². The van der Waals surface area contributed by atoms with Crippen molar-refractivity contribution in [1.82, 2.24) is 0 Å². The van der Waals surface area contributed by atoms with Gasteiger partial charge < -0.3 is 5.73 Å². The molecule has 0 aromatic carbocycles. The summed E-state index contributed by atoms with van der Waals surface area (Å²) in [7, 11) is 0. The molecule has 0 bridgehead atoms. The van der Waals surface area contributed by atoms with Gasteiger partial charge in [-0.05, 0) is 30.1 Å². The van der Waals surface area contributed by atoms with Gasteiger partial charge in [-0.25, -0.2) is 0 Å². The van der Waals surface area contributed by atoms with E-state index in [-0.39, 0.29) is 0 Å². The molecule has 2 atom stereocenters. The maximum absolute atomic E-state index is 6.22. The molecule has 0 aromatic rings. The lowest BCUT2D eigenvalue weighted by Gasteiger charge is -2.30. The van der Waals surface area contributed by atoms with E-state index in [1.54, 1.807) is 0 Å². The number of hydrogen-bond acceptors (Lipinski definition) is 1. The lowest BCUT2D eigenvalue weighted by molar-refractivity contribution is 0.222. The first-order chi connectivity index (χ1) is 6.81. The fraction of sp³-hybridized carbons (Fsp3) is 1.00. The SMILES string of the molecule is CCC(CC)CC(N)CC(C)C(C)(C)C. The first-order valence-corrected chi connectivity index (χ1v) is 6.56. The van der Waals surface area contributed by atoms with Crippen molar-refractivity contribution in [2.45, 2.75) is 73.3 Å². The van der Waals surface area contributed by atoms with Crippen molar-refractivity contribution in [2.75, 3.05) is 0 Å². The van der Waals surface area contributed by atoms with E-state index in [4.69, 9.17) is 5.73 Å². The average molecular weight is 213 g/mol. The van der Waals surface area contributed by atoms with Crippen molar-refractivity contribution in [3.05, 3.63) is 0 Å². The van der Waals surface area contributed by atoms with Gasteiger partial charge in [-0.2, -0.15) is 0 Å². The van der Waals surface area contributed by atoms with Crippen molar-refractivity contribution in [1.29, 1.82) is 0 Å². The van der Waals surface area contributed by atoms with Crippen molar-refractivity contribution in [3.8, 4) is 0 Å². The molecule has 0 radical (unpaired) electrons. The van der Waals surface area contributed by atoms with Gasteiger partial charge in [-0.3, -0.25) is 0 Å². The largest absolute Gasteiger partial charge is 0.328 e. The van der Waals surface area contributed by atoms with Crippen molar-refractivity contribution in [2.24, 2.45) is 23.0 Å². The molecule has 2 N–H and O–H groups in total. The fourth-order valence-electron chi connectivity index (χ4n) is 1.95. The summed E-state index contributed by atoms with van der Waals surface area (Å²) in [6.07, 6.45) is 4.91. The summed E-state index contributed by atoms with van der Waals surface area (Å²) >= 11 is 0. The highest BCUT2D eigenvalue weighted by Gasteiger charge is 2.22. The third kappa shape index (κ3) is 6.19. The molecule has 0 rings (SSSR count). The third-order valence-electron chi connectivity index (χ3n) is 3.93. The zero-order valence-electron chi connectivity index (χ0n) is 11.6. The zero-order valence-corrected chi connectivity index (χ0v) is 11.6. The highest BCUT2D eigenvalue weighted by atomic mass is 14.6. The summed E-state index contributed by atoms with van der Waals surface area (Å²) in [5, 5.41) is 0. The third-order valence-corrected chi connectivity index (χ3v) is 3.93. The molecule has 2 unspecified atom stereocenters. The summed E-state index contributed by atoms with van der Waals surface area (Å²) in [6.45, 7) is 13.8. The molecule has 1 nitrogen and oxygen atoms in total. The smallest absolute Gasteiger partial charge is 0.00441 e. The second-order valence-corrected chi connectivity index (χ2v) is 6.18. The van der Waals surface area contributed by atoms with E-state index in [1.165, 1.54) is 25.7 Å². The molecule has 1 heteroatoms. The Hall–Kier alpha value is -0.0400. The number of nitrogens with two attached hydrogens (primary N) is 1. The van der Waals surface area contributed by atoms with Gasteiger partial charge in [0.25, 0.3) is 0 Å². The monoisotopic (exact) mass is 213 g/mol. The predicted molar refractivity (Wildman–Crippen MR) is 69.9 cm³/mol. The molecule has 0 saturated carbocycles. The molecule has 0 aliphatic heterocycles. The van der Waals surface area contributed by atoms with E-state index in [1.807, 2.05) is 0 Å². The number of hydrogen-bond donors (Lipinski definition) is 1. The molecule has 92 valence electrons. The van der Waals surface area contributed by atoms with Crippen LogP contribution in [0.1, 0.15) is 67.2 Å². The molecule has 0 aromatic heterocycles. The second-order valence-electron chi connectivity index (χ2n) is 6.18. The Balaban J connectivity index is 3.97. The van der Waals surface area contributed by atoms with Crippen LogP contribution in [0.4, 0.5) is 0 Å². The van der Waals surface area contributed by atoms with E-state index in [0.717, 1.165) is 5.92 Å². The maximum atomic E-state index is 6.22. The molecule has 0 aliphatic carbocycles. The lowest BCUT2D eigenvalue weighted by atomic mass is 9.77. The summed E-state index contributed by atoms with van der Waals surface area (Å²) in [5.74, 6) is 1.54. The Morgan fingerprint density at radius 1 is 1.00 bits per heavy atom. The van der Waals surface area contributed by atoms with Gasteiger partial charge in [0.05, 0.1) is 0 Å². The van der Waals surface area contributed by atoms with Crippen LogP contribution in [0.2, 0.25) is 0 Å². The lowest BCUT2D eigenvalue weighted by Crippen LogP contribution is -2.30. The molecule has 0 amide bonds. The van der Waals surface area contributed by atoms with E-state index >= 15 is 0 Å². The molecular formula is C14H31N. The average Bonchev–Trinajstić information content (AvgIpc) is 2.12. The Kier molecular flexibility index (Phi) is 6.51. The van der Waals surface area contributed by atoms with Crippen LogP contribution in [0.15, 0.2) is 0 Å². The van der Waals surface area contributed by atoms with E-state index in [0.29, 0.717) is 17.4 Å². The summed E-state index contributed by atoms with van der Waals surface area (Å²) in [5.41, 5.74) is 6.62. The minimum Gasteiger partial charge on any atom is -0.328 e. The number of rotatable bonds is 6. The standard InChI is InChI=1S/C14H31N/c1-7-12(8-2)10-13(15)9-11(3)14(4,5)6/h11-13H,7-10,15H2,1-6H3. The molecule has 0 saturated heterocycles. The van der Waals surface area contributed by atoms with Crippen molar-refractivity contribution >= 4 is 0 Å². The molecule has 0 heterocycles. The van der Waals surface area contributed by atoms with E-state index in [2.05, 4.69) is 41.5 Å². The maximum Gasteiger partial charge on any atom is 0.00441 e. The summed E-state index contributed by atoms with van der Waals surface area (Å²) in [4.78, 5) is 0. The molecule has 0 fully saturated rings. The summed E-state index contributed by atoms with van der Waals surface area (Å²) < 4.78 is 0. The molecule has 0 aliphatic rings. The van der Waals surface area contributed by atoms with Crippen molar-refractivity contribution < 1.29 is 0 Å². The van der Waals surface area contributed by atoms with Crippen molar-refractivity contribution in [3.63, 3.8) is 0 Å². The Morgan fingerprint density at radius 2 is 1.47 bits per heavy atom.